The summed E-state index contributed by atoms with van der Waals surface area (Å²) in [5, 5.41) is -0.282. The first-order chi connectivity index (χ1) is 13.6. The van der Waals surface area contributed by atoms with E-state index in [-0.39, 0.29) is 24.6 Å². The van der Waals surface area contributed by atoms with Crippen LogP contribution in [0.15, 0.2) is 33.4 Å². The summed E-state index contributed by atoms with van der Waals surface area (Å²) in [6.07, 6.45) is 4.45. The fourth-order valence-electron chi connectivity index (χ4n) is 2.40. The molecular weight excluding hydrogens is 432 g/mol. The van der Waals surface area contributed by atoms with Crippen LogP contribution in [-0.2, 0) is 31.1 Å². The van der Waals surface area contributed by atoms with Crippen LogP contribution in [0.4, 0.5) is 8.78 Å². The highest BCUT2D eigenvalue weighted by Gasteiger charge is 2.35. The van der Waals surface area contributed by atoms with E-state index in [9.17, 15) is 17.8 Å². The average molecular weight is 448 g/mol. The fraction of sp³-hybridized carbons (Fsp3) is 0.375. The number of ether oxygens (including phenoxy) is 1. The number of rotatable bonds is 7. The topological polar surface area (TPSA) is 112 Å². The third-order valence-corrected chi connectivity index (χ3v) is 5.41. The summed E-state index contributed by atoms with van der Waals surface area (Å²) in [6.45, 7) is 0.233. The number of carbonyl (C=O) groups is 1. The molecule has 3 aromatic heterocycles. The molecule has 1 atom stereocenters. The van der Waals surface area contributed by atoms with Crippen LogP contribution in [-0.4, -0.2) is 55.4 Å². The Labute approximate surface area is 169 Å². The molecule has 156 valence electrons. The van der Waals surface area contributed by atoms with Gasteiger partial charge >= 0.3 is 11.3 Å². The highest BCUT2D eigenvalue weighted by atomic mass is 35.5. The van der Waals surface area contributed by atoms with E-state index >= 15 is 0 Å². The summed E-state index contributed by atoms with van der Waals surface area (Å²) in [4.78, 5) is 20.0. The van der Waals surface area contributed by atoms with Crippen molar-refractivity contribution < 1.29 is 27.0 Å². The Morgan fingerprint density at radius 1 is 1.45 bits per heavy atom. The molecular formula is C16H16ClF2N5O4S. The number of fused-ring (bicyclic) bond motifs is 1. The number of aromatic nitrogens is 4. The van der Waals surface area contributed by atoms with Gasteiger partial charge in [-0.3, -0.25) is 4.79 Å². The summed E-state index contributed by atoms with van der Waals surface area (Å²) in [6, 6.07) is 3.10. The summed E-state index contributed by atoms with van der Waals surface area (Å²) in [5.74, 6) is -1.51. The van der Waals surface area contributed by atoms with E-state index < -0.39 is 26.9 Å². The Balaban J connectivity index is 1.81. The number of halogens is 3. The second kappa shape index (κ2) is 8.13. The van der Waals surface area contributed by atoms with Crippen LogP contribution >= 0.6 is 11.6 Å². The number of amides is 1. The van der Waals surface area contributed by atoms with Crippen molar-refractivity contribution in [1.29, 1.82) is 0 Å². The predicted octanol–water partition coefficient (Wildman–Crippen LogP) is 2.49. The number of hydrogen-bond donors (Lipinski definition) is 0. The SMILES string of the molecule is COCCS(C)(=O)=NC(=O)Cc1cn2ccc(-c3noc(C(F)(F)Cl)n3)cc2n1. The molecule has 3 aromatic rings. The third kappa shape index (κ3) is 5.34. The minimum Gasteiger partial charge on any atom is -0.384 e. The van der Waals surface area contributed by atoms with Gasteiger partial charge < -0.3 is 13.7 Å². The molecule has 1 unspecified atom stereocenters. The average Bonchev–Trinajstić information content (AvgIpc) is 3.24. The molecule has 0 aromatic carbocycles. The number of hydrogen-bond acceptors (Lipinski definition) is 7. The van der Waals surface area contributed by atoms with E-state index in [1.807, 2.05) is 0 Å². The van der Waals surface area contributed by atoms with Crippen LogP contribution in [0.25, 0.3) is 17.0 Å². The molecule has 0 aliphatic carbocycles. The molecule has 0 N–H and O–H groups in total. The zero-order valence-electron chi connectivity index (χ0n) is 15.3. The number of imidazole rings is 1. The van der Waals surface area contributed by atoms with Gasteiger partial charge in [0.25, 0.3) is 5.91 Å². The largest absolute Gasteiger partial charge is 0.400 e. The summed E-state index contributed by atoms with van der Waals surface area (Å²) >= 11 is 4.87. The molecule has 3 rings (SSSR count). The number of alkyl halides is 3. The Hall–Kier alpha value is -2.44. The summed E-state index contributed by atoms with van der Waals surface area (Å²) < 4.78 is 53.0. The van der Waals surface area contributed by atoms with Gasteiger partial charge in [-0.1, -0.05) is 5.16 Å². The maximum Gasteiger partial charge on any atom is 0.400 e. The molecule has 9 nitrogen and oxygen atoms in total. The minimum absolute atomic E-state index is 0.0812. The van der Waals surface area contributed by atoms with Gasteiger partial charge in [0.2, 0.25) is 5.82 Å². The standard InChI is InChI=1S/C16H16ClF2N5O4S/c1-27-5-6-29(2,26)23-13(25)8-11-9-24-4-3-10(7-12(24)20-11)14-21-15(28-22-14)16(17,18)19/h3-4,7,9H,5-6,8H2,1-2H3. The van der Waals surface area contributed by atoms with Crippen molar-refractivity contribution in [2.45, 2.75) is 11.8 Å². The summed E-state index contributed by atoms with van der Waals surface area (Å²) in [7, 11) is -1.21. The van der Waals surface area contributed by atoms with Crippen molar-refractivity contribution >= 4 is 32.9 Å². The minimum atomic E-state index is -3.76. The van der Waals surface area contributed by atoms with Gasteiger partial charge in [0, 0.05) is 31.3 Å². The molecule has 29 heavy (non-hydrogen) atoms. The quantitative estimate of drug-likeness (QED) is 0.511. The Morgan fingerprint density at radius 3 is 2.86 bits per heavy atom. The second-order valence-corrected chi connectivity index (χ2v) is 9.14. The lowest BCUT2D eigenvalue weighted by atomic mass is 10.2. The lowest BCUT2D eigenvalue weighted by molar-refractivity contribution is -0.117. The van der Waals surface area contributed by atoms with Crippen LogP contribution in [0, 0.1) is 0 Å². The zero-order chi connectivity index (χ0) is 21.2. The smallest absolute Gasteiger partial charge is 0.384 e. The molecule has 0 bridgehead atoms. The maximum absolute atomic E-state index is 13.0. The highest BCUT2D eigenvalue weighted by molar-refractivity contribution is 7.93. The van der Waals surface area contributed by atoms with Gasteiger partial charge in [-0.25, -0.2) is 9.19 Å². The van der Waals surface area contributed by atoms with Crippen molar-refractivity contribution in [3.05, 3.63) is 36.1 Å². The number of pyridine rings is 1. The number of nitrogens with zero attached hydrogens (tertiary/aromatic N) is 5. The van der Waals surface area contributed by atoms with Gasteiger partial charge in [-0.15, -0.1) is 0 Å². The van der Waals surface area contributed by atoms with Crippen molar-refractivity contribution in [2.24, 2.45) is 4.36 Å². The molecule has 0 radical (unpaired) electrons. The van der Waals surface area contributed by atoms with Crippen molar-refractivity contribution in [3.63, 3.8) is 0 Å². The molecule has 0 spiro atoms. The molecule has 0 aliphatic rings. The van der Waals surface area contributed by atoms with Crippen molar-refractivity contribution in [1.82, 2.24) is 19.5 Å². The molecule has 13 heteroatoms. The maximum atomic E-state index is 13.0. The van der Waals surface area contributed by atoms with Gasteiger partial charge in [-0.05, 0) is 23.7 Å². The lowest BCUT2D eigenvalue weighted by Gasteiger charge is -2.01. The van der Waals surface area contributed by atoms with Crippen LogP contribution in [0.3, 0.4) is 0 Å². The Morgan fingerprint density at radius 2 is 2.21 bits per heavy atom. The second-order valence-electron chi connectivity index (χ2n) is 6.15. The van der Waals surface area contributed by atoms with Crippen molar-refractivity contribution in [2.75, 3.05) is 25.7 Å². The van der Waals surface area contributed by atoms with E-state index in [1.165, 1.54) is 19.4 Å². The fourth-order valence-corrected chi connectivity index (χ4v) is 3.54. The third-order valence-electron chi connectivity index (χ3n) is 3.73. The molecule has 0 saturated carbocycles. The molecule has 1 amide bonds. The first-order valence-corrected chi connectivity index (χ1v) is 10.6. The van der Waals surface area contributed by atoms with Crippen LogP contribution < -0.4 is 0 Å². The van der Waals surface area contributed by atoms with E-state index in [4.69, 9.17) is 16.3 Å². The molecule has 0 saturated heterocycles. The highest BCUT2D eigenvalue weighted by Crippen LogP contribution is 2.32. The van der Waals surface area contributed by atoms with E-state index in [2.05, 4.69) is 24.0 Å². The number of carbonyl (C=O) groups excluding carboxylic acids is 1. The molecule has 0 aliphatic heterocycles. The number of methoxy groups -OCH3 is 1. The first kappa shape index (κ1) is 21.3. The van der Waals surface area contributed by atoms with E-state index in [1.54, 1.807) is 22.9 Å². The first-order valence-electron chi connectivity index (χ1n) is 8.18. The monoisotopic (exact) mass is 447 g/mol. The van der Waals surface area contributed by atoms with Crippen molar-refractivity contribution in [3.8, 4) is 11.4 Å². The van der Waals surface area contributed by atoms with Crippen LogP contribution in [0.2, 0.25) is 0 Å². The molecule has 3 heterocycles. The van der Waals surface area contributed by atoms with E-state index in [0.717, 1.165) is 0 Å². The van der Waals surface area contributed by atoms with Gasteiger partial charge in [0.1, 0.15) is 5.65 Å². The Bertz CT molecular complexity index is 1160. The predicted molar refractivity (Wildman–Crippen MR) is 100 cm³/mol. The molecule has 0 fully saturated rings. The Kier molecular flexibility index (Phi) is 5.96. The van der Waals surface area contributed by atoms with Gasteiger partial charge in [0.05, 0.1) is 34.2 Å². The van der Waals surface area contributed by atoms with Crippen LogP contribution in [0.5, 0.6) is 0 Å². The van der Waals surface area contributed by atoms with Gasteiger partial charge in [0.15, 0.2) is 0 Å². The normalized spacial score (nSPS) is 14.1. The van der Waals surface area contributed by atoms with Gasteiger partial charge in [-0.2, -0.15) is 18.1 Å². The van der Waals surface area contributed by atoms with Crippen LogP contribution in [0.1, 0.15) is 11.6 Å². The summed E-state index contributed by atoms with van der Waals surface area (Å²) in [5.41, 5.74) is 1.20. The zero-order valence-corrected chi connectivity index (χ0v) is 16.9. The van der Waals surface area contributed by atoms with E-state index in [0.29, 0.717) is 16.9 Å². The lowest BCUT2D eigenvalue weighted by Crippen LogP contribution is -2.12.